The first-order chi connectivity index (χ1) is 12.7. The Morgan fingerprint density at radius 1 is 0.846 bits per heavy atom. The van der Waals surface area contributed by atoms with Crippen molar-refractivity contribution >= 4 is 5.91 Å². The van der Waals surface area contributed by atoms with Crippen LogP contribution in [0.15, 0.2) is 0 Å². The van der Waals surface area contributed by atoms with E-state index >= 15 is 0 Å². The quantitative estimate of drug-likeness (QED) is 0.838. The maximum atomic E-state index is 12.8. The summed E-state index contributed by atoms with van der Waals surface area (Å²) in [7, 11) is 0. The average Bonchev–Trinajstić information content (AvgIpc) is 2.61. The fourth-order valence-corrected chi connectivity index (χ4v) is 7.53. The van der Waals surface area contributed by atoms with E-state index in [1.54, 1.807) is 0 Å². The van der Waals surface area contributed by atoms with Crippen LogP contribution in [0.3, 0.4) is 0 Å². The second kappa shape index (κ2) is 7.09. The number of nitrogens with zero attached hydrogens (tertiary/aromatic N) is 2. The Balaban J connectivity index is 1.10. The molecule has 0 unspecified atom stereocenters. The summed E-state index contributed by atoms with van der Waals surface area (Å²) in [5, 5.41) is 3.56. The predicted octanol–water partition coefficient (Wildman–Crippen LogP) is 3.02. The van der Waals surface area contributed by atoms with E-state index < -0.39 is 0 Å². The molecule has 0 aromatic carbocycles. The van der Waals surface area contributed by atoms with Gasteiger partial charge < -0.3 is 10.2 Å². The fourth-order valence-electron chi connectivity index (χ4n) is 7.53. The third-order valence-corrected chi connectivity index (χ3v) is 8.27. The molecule has 26 heavy (non-hydrogen) atoms. The molecule has 4 nitrogen and oxygen atoms in total. The van der Waals surface area contributed by atoms with Crippen LogP contribution in [0.1, 0.15) is 70.6 Å². The Hall–Kier alpha value is -0.610. The Labute approximate surface area is 159 Å². The molecule has 0 spiro atoms. The van der Waals surface area contributed by atoms with Gasteiger partial charge in [-0.1, -0.05) is 6.42 Å². The standard InChI is InChI=1S/C22H37N3O/c26-21(23-22-13-17-10-18(14-22)12-19(11-17)15-22)16-24-8-4-20(5-9-24)25-6-2-1-3-7-25/h17-20H,1-16H2,(H,23,26). The van der Waals surface area contributed by atoms with Gasteiger partial charge in [0.25, 0.3) is 0 Å². The normalized spacial score (nSPS) is 41.5. The molecule has 1 amide bonds. The second-order valence-corrected chi connectivity index (χ2v) is 10.4. The highest BCUT2D eigenvalue weighted by atomic mass is 16.2. The first-order valence-electron chi connectivity index (χ1n) is 11.4. The van der Waals surface area contributed by atoms with Crippen LogP contribution in [0.4, 0.5) is 0 Å². The molecule has 2 heterocycles. The molecule has 0 aromatic heterocycles. The highest BCUT2D eigenvalue weighted by Crippen LogP contribution is 2.55. The zero-order valence-corrected chi connectivity index (χ0v) is 16.4. The van der Waals surface area contributed by atoms with Crippen molar-refractivity contribution < 1.29 is 4.79 Å². The molecule has 2 saturated heterocycles. The molecule has 2 aliphatic heterocycles. The average molecular weight is 360 g/mol. The Bertz CT molecular complexity index is 484. The monoisotopic (exact) mass is 359 g/mol. The number of carbonyl (C=O) groups is 1. The predicted molar refractivity (Wildman–Crippen MR) is 104 cm³/mol. The van der Waals surface area contributed by atoms with E-state index in [-0.39, 0.29) is 5.54 Å². The minimum absolute atomic E-state index is 0.179. The van der Waals surface area contributed by atoms with Gasteiger partial charge in [0.1, 0.15) is 0 Å². The summed E-state index contributed by atoms with van der Waals surface area (Å²) in [5.74, 6) is 3.02. The molecule has 4 aliphatic carbocycles. The van der Waals surface area contributed by atoms with Crippen molar-refractivity contribution in [2.24, 2.45) is 17.8 Å². The van der Waals surface area contributed by atoms with Gasteiger partial charge in [0.15, 0.2) is 0 Å². The Morgan fingerprint density at radius 3 is 2.00 bits per heavy atom. The molecule has 6 aliphatic rings. The maximum absolute atomic E-state index is 12.8. The van der Waals surface area contributed by atoms with Crippen molar-refractivity contribution in [3.63, 3.8) is 0 Å². The molecule has 0 aromatic rings. The summed E-state index contributed by atoms with van der Waals surface area (Å²) in [6.07, 6.45) is 14.8. The topological polar surface area (TPSA) is 35.6 Å². The van der Waals surface area contributed by atoms with Gasteiger partial charge in [-0.15, -0.1) is 0 Å². The van der Waals surface area contributed by atoms with Gasteiger partial charge >= 0.3 is 0 Å². The van der Waals surface area contributed by atoms with Crippen LogP contribution in [0.25, 0.3) is 0 Å². The van der Waals surface area contributed by atoms with Crippen LogP contribution in [0.2, 0.25) is 0 Å². The van der Waals surface area contributed by atoms with Gasteiger partial charge in [0.2, 0.25) is 5.91 Å². The third kappa shape index (κ3) is 3.56. The number of amides is 1. The number of hydrogen-bond acceptors (Lipinski definition) is 3. The van der Waals surface area contributed by atoms with Crippen LogP contribution < -0.4 is 5.32 Å². The summed E-state index contributed by atoms with van der Waals surface area (Å²) in [4.78, 5) is 17.9. The van der Waals surface area contributed by atoms with E-state index in [2.05, 4.69) is 15.1 Å². The molecule has 0 radical (unpaired) electrons. The second-order valence-electron chi connectivity index (χ2n) is 10.4. The maximum Gasteiger partial charge on any atom is 0.234 e. The molecule has 146 valence electrons. The number of piperidine rings is 2. The minimum Gasteiger partial charge on any atom is -0.350 e. The summed E-state index contributed by atoms with van der Waals surface area (Å²) >= 11 is 0. The molecular weight excluding hydrogens is 322 g/mol. The van der Waals surface area contributed by atoms with Crippen molar-refractivity contribution in [2.45, 2.75) is 82.2 Å². The molecule has 4 saturated carbocycles. The number of nitrogens with one attached hydrogen (secondary N) is 1. The van der Waals surface area contributed by atoms with E-state index in [0.717, 1.165) is 36.9 Å². The van der Waals surface area contributed by atoms with Gasteiger partial charge in [0.05, 0.1) is 6.54 Å². The first kappa shape index (κ1) is 17.5. The Kier molecular flexibility index (Phi) is 4.77. The van der Waals surface area contributed by atoms with E-state index in [9.17, 15) is 4.79 Å². The van der Waals surface area contributed by atoms with Crippen LogP contribution in [-0.4, -0.2) is 60.0 Å². The van der Waals surface area contributed by atoms with Crippen molar-refractivity contribution in [2.75, 3.05) is 32.7 Å². The summed E-state index contributed by atoms with van der Waals surface area (Å²) in [6.45, 7) is 5.45. The van der Waals surface area contributed by atoms with Gasteiger partial charge in [-0.25, -0.2) is 0 Å². The van der Waals surface area contributed by atoms with E-state index in [1.807, 2.05) is 0 Å². The number of hydrogen-bond donors (Lipinski definition) is 1. The lowest BCUT2D eigenvalue weighted by molar-refractivity contribution is -0.128. The number of likely N-dealkylation sites (tertiary alicyclic amines) is 2. The Morgan fingerprint density at radius 2 is 1.42 bits per heavy atom. The lowest BCUT2D eigenvalue weighted by Crippen LogP contribution is -2.61. The third-order valence-electron chi connectivity index (χ3n) is 8.27. The van der Waals surface area contributed by atoms with Crippen molar-refractivity contribution in [1.29, 1.82) is 0 Å². The fraction of sp³-hybridized carbons (Fsp3) is 0.955. The van der Waals surface area contributed by atoms with Crippen molar-refractivity contribution in [3.05, 3.63) is 0 Å². The van der Waals surface area contributed by atoms with Crippen LogP contribution in [0.5, 0.6) is 0 Å². The molecule has 6 rings (SSSR count). The molecule has 4 bridgehead atoms. The lowest BCUT2D eigenvalue weighted by Gasteiger charge is -2.57. The van der Waals surface area contributed by atoms with E-state index in [1.165, 1.54) is 83.7 Å². The molecule has 1 N–H and O–H groups in total. The van der Waals surface area contributed by atoms with Crippen LogP contribution in [0, 0.1) is 17.8 Å². The highest BCUT2D eigenvalue weighted by molar-refractivity contribution is 5.79. The van der Waals surface area contributed by atoms with Crippen molar-refractivity contribution in [3.8, 4) is 0 Å². The van der Waals surface area contributed by atoms with E-state index in [0.29, 0.717) is 12.5 Å². The SMILES string of the molecule is O=C(CN1CCC(N2CCCCC2)CC1)NC12CC3CC(CC(C3)C1)C2. The van der Waals surface area contributed by atoms with Gasteiger partial charge in [-0.3, -0.25) is 9.69 Å². The highest BCUT2D eigenvalue weighted by Gasteiger charge is 2.51. The number of rotatable bonds is 4. The summed E-state index contributed by atoms with van der Waals surface area (Å²) < 4.78 is 0. The smallest absolute Gasteiger partial charge is 0.234 e. The molecular formula is C22H37N3O. The molecule has 4 heteroatoms. The van der Waals surface area contributed by atoms with Crippen LogP contribution in [-0.2, 0) is 4.79 Å². The van der Waals surface area contributed by atoms with Gasteiger partial charge in [-0.05, 0) is 95.1 Å². The molecule has 0 atom stereocenters. The number of carbonyl (C=O) groups excluding carboxylic acids is 1. The zero-order chi connectivity index (χ0) is 17.6. The first-order valence-corrected chi connectivity index (χ1v) is 11.4. The van der Waals surface area contributed by atoms with E-state index in [4.69, 9.17) is 0 Å². The largest absolute Gasteiger partial charge is 0.350 e. The van der Waals surface area contributed by atoms with Crippen molar-refractivity contribution in [1.82, 2.24) is 15.1 Å². The minimum atomic E-state index is 0.179. The van der Waals surface area contributed by atoms with Gasteiger partial charge in [-0.2, -0.15) is 0 Å². The lowest BCUT2D eigenvalue weighted by atomic mass is 9.53. The van der Waals surface area contributed by atoms with Crippen LogP contribution >= 0.6 is 0 Å². The van der Waals surface area contributed by atoms with Gasteiger partial charge in [0, 0.05) is 24.7 Å². The summed E-state index contributed by atoms with van der Waals surface area (Å²) in [6, 6.07) is 0.776. The zero-order valence-electron chi connectivity index (χ0n) is 16.4. The summed E-state index contributed by atoms with van der Waals surface area (Å²) in [5.41, 5.74) is 0.179. The molecule has 6 fully saturated rings.